The first-order chi connectivity index (χ1) is 11.6. The highest BCUT2D eigenvalue weighted by atomic mass is 127. The molecule has 1 heterocycles. The first-order valence-electron chi connectivity index (χ1n) is 7.96. The summed E-state index contributed by atoms with van der Waals surface area (Å²) in [6.07, 6.45) is 2.41. The number of nitrogens with one attached hydrogen (secondary N) is 2. The smallest absolute Gasteiger partial charge is 0.243 e. The number of nitrogens with zero attached hydrogens (tertiary/aromatic N) is 1. The van der Waals surface area contributed by atoms with Gasteiger partial charge >= 0.3 is 0 Å². The number of rotatable bonds is 5. The fourth-order valence-corrected chi connectivity index (χ4v) is 3.51. The van der Waals surface area contributed by atoms with Crippen LogP contribution < -0.4 is 15.5 Å². The summed E-state index contributed by atoms with van der Waals surface area (Å²) in [5.41, 5.74) is 2.84. The van der Waals surface area contributed by atoms with Gasteiger partial charge in [0.1, 0.15) is 0 Å². The highest BCUT2D eigenvalue weighted by Crippen LogP contribution is 2.31. The first kappa shape index (κ1) is 17.4. The van der Waals surface area contributed by atoms with Crippen LogP contribution >= 0.6 is 34.2 Å². The molecular weight excluding hydrogens is 437 g/mol. The van der Waals surface area contributed by atoms with Gasteiger partial charge in [0.2, 0.25) is 5.91 Å². The summed E-state index contributed by atoms with van der Waals surface area (Å²) >= 11 is 8.34. The van der Waals surface area contributed by atoms with E-state index in [9.17, 15) is 4.79 Å². The molecule has 0 radical (unpaired) electrons. The Bertz CT molecular complexity index is 732. The van der Waals surface area contributed by atoms with Crippen LogP contribution in [-0.2, 0) is 4.79 Å². The molecule has 1 saturated heterocycles. The summed E-state index contributed by atoms with van der Waals surface area (Å²) in [6.45, 7) is 2.29. The summed E-state index contributed by atoms with van der Waals surface area (Å²) in [6, 6.07) is 13.5. The Balaban J connectivity index is 1.66. The SMILES string of the molecule is O=C(CNc1cc(Cl)ccc1N1CCCC1)Nc1ccccc1I. The fourth-order valence-electron chi connectivity index (χ4n) is 2.82. The summed E-state index contributed by atoms with van der Waals surface area (Å²) in [4.78, 5) is 14.6. The second-order valence-electron chi connectivity index (χ2n) is 5.74. The van der Waals surface area contributed by atoms with Crippen molar-refractivity contribution in [3.8, 4) is 0 Å². The average Bonchev–Trinajstić information content (AvgIpc) is 3.09. The van der Waals surface area contributed by atoms with Gasteiger partial charge in [-0.3, -0.25) is 4.79 Å². The van der Waals surface area contributed by atoms with Crippen LogP contribution in [0.5, 0.6) is 0 Å². The molecule has 0 bridgehead atoms. The molecular formula is C18H19ClIN3O. The van der Waals surface area contributed by atoms with Crippen molar-refractivity contribution in [3.63, 3.8) is 0 Å². The summed E-state index contributed by atoms with van der Waals surface area (Å²) < 4.78 is 1.02. The quantitative estimate of drug-likeness (QED) is 0.648. The third-order valence-electron chi connectivity index (χ3n) is 3.99. The van der Waals surface area contributed by atoms with Crippen LogP contribution in [0.2, 0.25) is 5.02 Å². The maximum Gasteiger partial charge on any atom is 0.243 e. The third-order valence-corrected chi connectivity index (χ3v) is 5.17. The molecule has 0 unspecified atom stereocenters. The monoisotopic (exact) mass is 455 g/mol. The van der Waals surface area contributed by atoms with Gasteiger partial charge in [-0.2, -0.15) is 0 Å². The van der Waals surface area contributed by atoms with E-state index in [4.69, 9.17) is 11.6 Å². The standard InChI is InChI=1S/C18H19ClIN3O/c19-13-7-8-17(23-9-3-4-10-23)16(11-13)21-12-18(24)22-15-6-2-1-5-14(15)20/h1-2,5-8,11,21H,3-4,9-10,12H2,(H,22,24). The van der Waals surface area contributed by atoms with Crippen LogP contribution in [0.1, 0.15) is 12.8 Å². The van der Waals surface area contributed by atoms with Crippen molar-refractivity contribution in [1.29, 1.82) is 0 Å². The predicted molar refractivity (Wildman–Crippen MR) is 109 cm³/mol. The van der Waals surface area contributed by atoms with Gasteiger partial charge in [0.05, 0.1) is 23.6 Å². The van der Waals surface area contributed by atoms with Crippen molar-refractivity contribution >= 4 is 57.2 Å². The number of benzene rings is 2. The van der Waals surface area contributed by atoms with Gasteiger partial charge in [-0.15, -0.1) is 0 Å². The zero-order valence-corrected chi connectivity index (χ0v) is 16.1. The Morgan fingerprint density at radius 3 is 2.62 bits per heavy atom. The molecule has 2 aromatic rings. The maximum atomic E-state index is 12.2. The van der Waals surface area contributed by atoms with Crippen LogP contribution in [0.3, 0.4) is 0 Å². The van der Waals surface area contributed by atoms with Gasteiger partial charge in [0.25, 0.3) is 0 Å². The number of amides is 1. The molecule has 24 heavy (non-hydrogen) atoms. The highest BCUT2D eigenvalue weighted by molar-refractivity contribution is 14.1. The molecule has 3 rings (SSSR count). The zero-order chi connectivity index (χ0) is 16.9. The van der Waals surface area contributed by atoms with Crippen molar-refractivity contribution in [2.75, 3.05) is 35.2 Å². The second kappa shape index (κ2) is 8.07. The Morgan fingerprint density at radius 1 is 1.12 bits per heavy atom. The van der Waals surface area contributed by atoms with Crippen molar-refractivity contribution in [2.45, 2.75) is 12.8 Å². The third kappa shape index (κ3) is 4.33. The molecule has 1 fully saturated rings. The van der Waals surface area contributed by atoms with Gasteiger partial charge in [-0.05, 0) is 65.8 Å². The molecule has 126 valence electrons. The second-order valence-corrected chi connectivity index (χ2v) is 7.34. The lowest BCUT2D eigenvalue weighted by atomic mass is 10.2. The summed E-state index contributed by atoms with van der Waals surface area (Å²) in [5, 5.41) is 6.82. The molecule has 6 heteroatoms. The lowest BCUT2D eigenvalue weighted by molar-refractivity contribution is -0.114. The lowest BCUT2D eigenvalue weighted by Gasteiger charge is -2.22. The van der Waals surface area contributed by atoms with E-state index in [-0.39, 0.29) is 12.5 Å². The maximum absolute atomic E-state index is 12.2. The van der Waals surface area contributed by atoms with E-state index in [1.54, 1.807) is 0 Å². The van der Waals surface area contributed by atoms with Crippen molar-refractivity contribution in [2.24, 2.45) is 0 Å². The minimum Gasteiger partial charge on any atom is -0.374 e. The Kier molecular flexibility index (Phi) is 5.84. The minimum absolute atomic E-state index is 0.0773. The Morgan fingerprint density at radius 2 is 1.88 bits per heavy atom. The van der Waals surface area contributed by atoms with E-state index in [1.165, 1.54) is 12.8 Å². The average molecular weight is 456 g/mol. The number of para-hydroxylation sites is 1. The van der Waals surface area contributed by atoms with Gasteiger partial charge < -0.3 is 15.5 Å². The number of halogens is 2. The molecule has 0 aromatic heterocycles. The van der Waals surface area contributed by atoms with E-state index in [0.717, 1.165) is 33.7 Å². The normalized spacial score (nSPS) is 13.8. The minimum atomic E-state index is -0.0773. The molecule has 2 N–H and O–H groups in total. The van der Waals surface area contributed by atoms with Crippen molar-refractivity contribution in [1.82, 2.24) is 0 Å². The fraction of sp³-hybridized carbons (Fsp3) is 0.278. The molecule has 0 spiro atoms. The van der Waals surface area contributed by atoms with Crippen LogP contribution in [0.4, 0.5) is 17.1 Å². The number of hydrogen-bond donors (Lipinski definition) is 2. The van der Waals surface area contributed by atoms with Crippen molar-refractivity contribution < 1.29 is 4.79 Å². The van der Waals surface area contributed by atoms with Crippen LogP contribution in [0.25, 0.3) is 0 Å². The lowest BCUT2D eigenvalue weighted by Crippen LogP contribution is -2.24. The highest BCUT2D eigenvalue weighted by Gasteiger charge is 2.16. The van der Waals surface area contributed by atoms with Crippen LogP contribution in [-0.4, -0.2) is 25.5 Å². The van der Waals surface area contributed by atoms with Gasteiger partial charge in [0, 0.05) is 21.7 Å². The predicted octanol–water partition coefficient (Wildman–Crippen LogP) is 4.60. The molecule has 1 amide bonds. The van der Waals surface area contributed by atoms with E-state index < -0.39 is 0 Å². The molecule has 2 aromatic carbocycles. The molecule has 0 atom stereocenters. The van der Waals surface area contributed by atoms with Crippen molar-refractivity contribution in [3.05, 3.63) is 51.1 Å². The van der Waals surface area contributed by atoms with Gasteiger partial charge in [-0.1, -0.05) is 23.7 Å². The molecule has 4 nitrogen and oxygen atoms in total. The Labute approximate surface area is 160 Å². The molecule has 0 saturated carbocycles. The van der Waals surface area contributed by atoms with Gasteiger partial charge in [-0.25, -0.2) is 0 Å². The number of carbonyl (C=O) groups excluding carboxylic acids is 1. The van der Waals surface area contributed by atoms with E-state index in [1.807, 2.05) is 42.5 Å². The number of hydrogen-bond acceptors (Lipinski definition) is 3. The van der Waals surface area contributed by atoms with Crippen LogP contribution in [0.15, 0.2) is 42.5 Å². The first-order valence-corrected chi connectivity index (χ1v) is 9.42. The number of anilines is 3. The summed E-state index contributed by atoms with van der Waals surface area (Å²) in [7, 11) is 0. The molecule has 0 aliphatic carbocycles. The van der Waals surface area contributed by atoms with Gasteiger partial charge in [0.15, 0.2) is 0 Å². The zero-order valence-electron chi connectivity index (χ0n) is 13.2. The summed E-state index contributed by atoms with van der Waals surface area (Å²) in [5.74, 6) is -0.0773. The van der Waals surface area contributed by atoms with Crippen LogP contribution in [0, 0.1) is 3.57 Å². The largest absolute Gasteiger partial charge is 0.374 e. The molecule has 1 aliphatic rings. The Hall–Kier alpha value is -1.47. The van der Waals surface area contributed by atoms with E-state index in [0.29, 0.717) is 5.02 Å². The number of carbonyl (C=O) groups is 1. The topological polar surface area (TPSA) is 44.4 Å². The van der Waals surface area contributed by atoms with E-state index >= 15 is 0 Å². The molecule has 1 aliphatic heterocycles. The van der Waals surface area contributed by atoms with E-state index in [2.05, 4.69) is 38.1 Å².